The number of H-pyrrole nitrogens is 1. The number of halogens is 4. The van der Waals surface area contributed by atoms with E-state index < -0.39 is 12.8 Å². The molecule has 0 aliphatic carbocycles. The number of ketones is 1. The Morgan fingerprint density at radius 2 is 1.93 bits per heavy atom. The Morgan fingerprint density at radius 3 is 2.56 bits per heavy atom. The van der Waals surface area contributed by atoms with Gasteiger partial charge in [-0.25, -0.2) is 4.98 Å². The van der Waals surface area contributed by atoms with Crippen molar-refractivity contribution >= 4 is 17.4 Å². The summed E-state index contributed by atoms with van der Waals surface area (Å²) in [7, 11) is 0. The van der Waals surface area contributed by atoms with Gasteiger partial charge in [-0.2, -0.15) is 18.3 Å². The van der Waals surface area contributed by atoms with Crippen LogP contribution < -0.4 is 4.74 Å². The summed E-state index contributed by atoms with van der Waals surface area (Å²) in [5, 5.41) is 6.77. The van der Waals surface area contributed by atoms with Gasteiger partial charge in [-0.05, 0) is 35.4 Å². The van der Waals surface area contributed by atoms with Crippen LogP contribution in [-0.4, -0.2) is 33.7 Å². The molecule has 0 fully saturated rings. The number of benzene rings is 1. The zero-order chi connectivity index (χ0) is 19.4. The van der Waals surface area contributed by atoms with Gasteiger partial charge in [0.25, 0.3) is 0 Å². The van der Waals surface area contributed by atoms with Crippen molar-refractivity contribution in [1.29, 1.82) is 0 Å². The third kappa shape index (κ3) is 5.07. The number of alkyl halides is 3. The van der Waals surface area contributed by atoms with Crippen molar-refractivity contribution in [3.63, 3.8) is 0 Å². The Labute approximate surface area is 157 Å². The van der Waals surface area contributed by atoms with E-state index in [0.717, 1.165) is 0 Å². The van der Waals surface area contributed by atoms with Crippen molar-refractivity contribution in [2.75, 3.05) is 6.61 Å². The van der Waals surface area contributed by atoms with Crippen molar-refractivity contribution < 1.29 is 22.7 Å². The number of pyridine rings is 1. The van der Waals surface area contributed by atoms with Crippen LogP contribution in [0.15, 0.2) is 48.8 Å². The molecule has 2 aromatic heterocycles. The maximum absolute atomic E-state index is 12.5. The van der Waals surface area contributed by atoms with Crippen molar-refractivity contribution in [3.05, 3.63) is 65.1 Å². The Balaban J connectivity index is 1.92. The van der Waals surface area contributed by atoms with Crippen LogP contribution in [0.5, 0.6) is 5.88 Å². The van der Waals surface area contributed by atoms with Crippen molar-refractivity contribution in [1.82, 2.24) is 15.2 Å². The smallest absolute Gasteiger partial charge is 0.422 e. The Bertz CT molecular complexity index is 926. The molecule has 0 aliphatic rings. The summed E-state index contributed by atoms with van der Waals surface area (Å²) in [5.74, 6) is -0.396. The van der Waals surface area contributed by atoms with E-state index in [9.17, 15) is 18.0 Å². The highest BCUT2D eigenvalue weighted by molar-refractivity contribution is 6.30. The van der Waals surface area contributed by atoms with Gasteiger partial charge in [0.1, 0.15) is 5.69 Å². The van der Waals surface area contributed by atoms with Gasteiger partial charge in [0.2, 0.25) is 5.88 Å². The summed E-state index contributed by atoms with van der Waals surface area (Å²) in [4.78, 5) is 16.2. The van der Waals surface area contributed by atoms with Gasteiger partial charge >= 0.3 is 6.18 Å². The average Bonchev–Trinajstić information content (AvgIpc) is 3.15. The van der Waals surface area contributed by atoms with Crippen LogP contribution in [-0.2, 0) is 6.42 Å². The fourth-order valence-electron chi connectivity index (χ4n) is 2.39. The van der Waals surface area contributed by atoms with E-state index >= 15 is 0 Å². The fourth-order valence-corrected chi connectivity index (χ4v) is 2.51. The van der Waals surface area contributed by atoms with Gasteiger partial charge in [-0.3, -0.25) is 9.89 Å². The number of nitrogens with one attached hydrogen (secondary N) is 1. The molecule has 3 rings (SSSR count). The molecule has 0 saturated carbocycles. The molecule has 0 bridgehead atoms. The zero-order valence-corrected chi connectivity index (χ0v) is 14.5. The lowest BCUT2D eigenvalue weighted by atomic mass is 10.0. The second-order valence-electron chi connectivity index (χ2n) is 5.68. The van der Waals surface area contributed by atoms with E-state index in [-0.39, 0.29) is 18.1 Å². The molecule has 1 N–H and O–H groups in total. The number of carbonyl (C=O) groups is 1. The molecule has 9 heteroatoms. The molecule has 0 spiro atoms. The minimum Gasteiger partial charge on any atom is -0.468 e. The summed E-state index contributed by atoms with van der Waals surface area (Å²) in [5.41, 5.74) is 1.77. The third-order valence-electron chi connectivity index (χ3n) is 3.60. The molecule has 2 heterocycles. The average molecular weight is 396 g/mol. The third-order valence-corrected chi connectivity index (χ3v) is 3.85. The summed E-state index contributed by atoms with van der Waals surface area (Å²) >= 11 is 5.87. The number of aromatic amines is 1. The molecule has 140 valence electrons. The minimum atomic E-state index is -4.49. The second-order valence-corrected chi connectivity index (χ2v) is 6.11. The maximum atomic E-state index is 12.5. The Morgan fingerprint density at radius 1 is 1.19 bits per heavy atom. The minimum absolute atomic E-state index is 0.00926. The zero-order valence-electron chi connectivity index (χ0n) is 13.8. The van der Waals surface area contributed by atoms with Crippen LogP contribution >= 0.6 is 11.6 Å². The molecule has 3 aromatic rings. The molecule has 0 unspecified atom stereocenters. The number of hydrogen-bond acceptors (Lipinski definition) is 4. The highest BCUT2D eigenvalue weighted by Crippen LogP contribution is 2.31. The summed E-state index contributed by atoms with van der Waals surface area (Å²) in [6.07, 6.45) is -1.71. The quantitative estimate of drug-likeness (QED) is 0.624. The predicted octanol–water partition coefficient (Wildman–Crippen LogP) is 4.49. The summed E-state index contributed by atoms with van der Waals surface area (Å²) < 4.78 is 42.4. The molecule has 1 aromatic carbocycles. The Hall–Kier alpha value is -2.87. The number of Topliss-reactive ketones (excluding diaryl/α,β-unsaturated/α-hetero) is 1. The number of carbonyl (C=O) groups excluding carboxylic acids is 1. The number of hydrogen-bond donors (Lipinski definition) is 1. The number of aromatic nitrogens is 3. The molecule has 0 saturated heterocycles. The standard InChI is InChI=1S/C18H13ClF3N3O2/c19-13-3-1-12(2-4-13)14-7-11(8-16(26)15-5-6-24-25-15)9-23-17(14)27-10-18(20,21)22/h1-7,9H,8,10H2,(H,24,25). The predicted molar refractivity (Wildman–Crippen MR) is 92.9 cm³/mol. The molecule has 5 nitrogen and oxygen atoms in total. The van der Waals surface area contributed by atoms with E-state index in [1.807, 2.05) is 0 Å². The summed E-state index contributed by atoms with van der Waals surface area (Å²) in [6.45, 7) is -1.47. The largest absolute Gasteiger partial charge is 0.468 e. The molecule has 0 radical (unpaired) electrons. The molecule has 0 atom stereocenters. The van der Waals surface area contributed by atoms with E-state index in [4.69, 9.17) is 16.3 Å². The van der Waals surface area contributed by atoms with Gasteiger partial charge in [0.15, 0.2) is 12.4 Å². The first kappa shape index (κ1) is 18.9. The molecular formula is C18H13ClF3N3O2. The normalized spacial score (nSPS) is 11.4. The summed E-state index contributed by atoms with van der Waals surface area (Å²) in [6, 6.07) is 9.60. The van der Waals surface area contributed by atoms with Crippen LogP contribution in [0.2, 0.25) is 5.02 Å². The van der Waals surface area contributed by atoms with Crippen molar-refractivity contribution in [2.24, 2.45) is 0 Å². The molecular weight excluding hydrogens is 383 g/mol. The van der Waals surface area contributed by atoms with E-state index in [2.05, 4.69) is 15.2 Å². The molecule has 0 aliphatic heterocycles. The Kier molecular flexibility index (Phi) is 5.46. The van der Waals surface area contributed by atoms with Crippen molar-refractivity contribution in [2.45, 2.75) is 12.6 Å². The maximum Gasteiger partial charge on any atom is 0.422 e. The van der Waals surface area contributed by atoms with Crippen LogP contribution in [0.4, 0.5) is 13.2 Å². The highest BCUT2D eigenvalue weighted by atomic mass is 35.5. The second kappa shape index (κ2) is 7.79. The van der Waals surface area contributed by atoms with Crippen LogP contribution in [0, 0.1) is 0 Å². The van der Waals surface area contributed by atoms with Gasteiger partial charge in [0.05, 0.1) is 0 Å². The topological polar surface area (TPSA) is 67.9 Å². The van der Waals surface area contributed by atoms with Gasteiger partial charge in [0, 0.05) is 29.4 Å². The first-order valence-corrected chi connectivity index (χ1v) is 8.16. The number of rotatable bonds is 6. The molecule has 27 heavy (non-hydrogen) atoms. The van der Waals surface area contributed by atoms with Gasteiger partial charge in [-0.15, -0.1) is 0 Å². The van der Waals surface area contributed by atoms with Crippen LogP contribution in [0.3, 0.4) is 0 Å². The highest BCUT2D eigenvalue weighted by Gasteiger charge is 2.29. The van der Waals surface area contributed by atoms with Crippen LogP contribution in [0.1, 0.15) is 16.1 Å². The van der Waals surface area contributed by atoms with E-state index in [1.54, 1.807) is 30.3 Å². The lowest BCUT2D eigenvalue weighted by molar-refractivity contribution is -0.154. The number of ether oxygens (including phenoxy) is 1. The van der Waals surface area contributed by atoms with E-state index in [1.165, 1.54) is 18.5 Å². The number of nitrogens with zero attached hydrogens (tertiary/aromatic N) is 2. The monoisotopic (exact) mass is 395 g/mol. The fraction of sp³-hybridized carbons (Fsp3) is 0.167. The SMILES string of the molecule is O=C(Cc1cnc(OCC(F)(F)F)c(-c2ccc(Cl)cc2)c1)c1ccn[nH]1. The van der Waals surface area contributed by atoms with Gasteiger partial charge < -0.3 is 4.74 Å². The van der Waals surface area contributed by atoms with Crippen molar-refractivity contribution in [3.8, 4) is 17.0 Å². The lowest BCUT2D eigenvalue weighted by Gasteiger charge is -2.13. The molecule has 0 amide bonds. The van der Waals surface area contributed by atoms with Crippen LogP contribution in [0.25, 0.3) is 11.1 Å². The first-order valence-electron chi connectivity index (χ1n) is 7.79. The lowest BCUT2D eigenvalue weighted by Crippen LogP contribution is -2.20. The first-order chi connectivity index (χ1) is 12.8. The van der Waals surface area contributed by atoms with E-state index in [0.29, 0.717) is 27.4 Å². The van der Waals surface area contributed by atoms with Gasteiger partial charge in [-0.1, -0.05) is 23.7 Å².